The number of sulfonamides is 1. The molecule has 2 rings (SSSR count). The van der Waals surface area contributed by atoms with Crippen LogP contribution in [-0.2, 0) is 30.9 Å². The second-order valence-electron chi connectivity index (χ2n) is 8.40. The van der Waals surface area contributed by atoms with Crippen LogP contribution in [-0.4, -0.2) is 68.5 Å². The van der Waals surface area contributed by atoms with Gasteiger partial charge in [0.05, 0.1) is 18.9 Å². The Morgan fingerprint density at radius 3 is 2.15 bits per heavy atom. The van der Waals surface area contributed by atoms with Crippen molar-refractivity contribution in [3.8, 4) is 0 Å². The number of benzene rings is 2. The molecule has 2 aromatic rings. The van der Waals surface area contributed by atoms with Crippen LogP contribution in [0.1, 0.15) is 37.4 Å². The van der Waals surface area contributed by atoms with Gasteiger partial charge in [0.2, 0.25) is 21.8 Å². The van der Waals surface area contributed by atoms with Crippen molar-refractivity contribution in [3.05, 3.63) is 71.8 Å². The van der Waals surface area contributed by atoms with Gasteiger partial charge in [0.1, 0.15) is 6.04 Å². The Morgan fingerprint density at radius 2 is 1.59 bits per heavy atom. The fourth-order valence-corrected chi connectivity index (χ4v) is 3.65. The molecule has 1 N–H and O–H groups in total. The van der Waals surface area contributed by atoms with Crippen molar-refractivity contribution in [1.82, 2.24) is 14.5 Å². The van der Waals surface area contributed by atoms with E-state index in [1.165, 1.54) is 11.9 Å². The minimum absolute atomic E-state index is 0.110. The fourth-order valence-electron chi connectivity index (χ4n) is 3.31. The van der Waals surface area contributed by atoms with Crippen LogP contribution in [0, 0.1) is 0 Å². The molecular formula is C25H35N3O5S. The Bertz CT molecular complexity index is 1010. The lowest BCUT2D eigenvalue weighted by atomic mass is 10.0. The van der Waals surface area contributed by atoms with E-state index in [0.29, 0.717) is 25.1 Å². The molecule has 0 saturated carbocycles. The number of rotatable bonds is 13. The summed E-state index contributed by atoms with van der Waals surface area (Å²) in [6, 6.07) is 17.4. The van der Waals surface area contributed by atoms with Gasteiger partial charge in [-0.15, -0.1) is 0 Å². The summed E-state index contributed by atoms with van der Waals surface area (Å²) in [6.45, 7) is 4.59. The number of hydrogen-bond donors (Lipinski definition) is 1. The maximum absolute atomic E-state index is 13.4. The largest absolute Gasteiger partial charge is 0.379 e. The Balaban J connectivity index is 2.33. The first kappa shape index (κ1) is 27.5. The summed E-state index contributed by atoms with van der Waals surface area (Å²) in [5.74, 6) is -0.800. The predicted octanol–water partition coefficient (Wildman–Crippen LogP) is 2.58. The number of nitrogens with one attached hydrogen (secondary N) is 1. The average molecular weight is 490 g/mol. The summed E-state index contributed by atoms with van der Waals surface area (Å²) in [5.41, 5.74) is 1.47. The zero-order valence-electron chi connectivity index (χ0n) is 20.3. The third-order valence-electron chi connectivity index (χ3n) is 5.19. The van der Waals surface area contributed by atoms with Crippen molar-refractivity contribution in [2.24, 2.45) is 0 Å². The molecule has 0 radical (unpaired) electrons. The SMILES string of the molecule is CC(C)OCCCNC(=O)[C@@H](c1ccccc1)N(Cc1ccccc1)C(=O)CN(C)S(C)(=O)=O. The van der Waals surface area contributed by atoms with E-state index in [9.17, 15) is 18.0 Å². The number of amides is 2. The lowest BCUT2D eigenvalue weighted by molar-refractivity contribution is -0.141. The van der Waals surface area contributed by atoms with Crippen LogP contribution in [0.5, 0.6) is 0 Å². The van der Waals surface area contributed by atoms with Gasteiger partial charge in [0, 0.05) is 26.7 Å². The molecule has 0 spiro atoms. The molecular weight excluding hydrogens is 454 g/mol. The van der Waals surface area contributed by atoms with Gasteiger partial charge in [-0.3, -0.25) is 9.59 Å². The monoisotopic (exact) mass is 489 g/mol. The average Bonchev–Trinajstić information content (AvgIpc) is 2.79. The first-order valence-corrected chi connectivity index (χ1v) is 13.1. The normalized spacial score (nSPS) is 12.5. The molecule has 0 bridgehead atoms. The topological polar surface area (TPSA) is 96.0 Å². The molecule has 2 amide bonds. The highest BCUT2D eigenvalue weighted by Gasteiger charge is 2.32. The second kappa shape index (κ2) is 13.2. The summed E-state index contributed by atoms with van der Waals surface area (Å²) in [4.78, 5) is 28.2. The van der Waals surface area contributed by atoms with Crippen molar-refractivity contribution in [3.63, 3.8) is 0 Å². The van der Waals surface area contributed by atoms with Crippen LogP contribution in [0.25, 0.3) is 0 Å². The van der Waals surface area contributed by atoms with Gasteiger partial charge in [-0.05, 0) is 31.4 Å². The summed E-state index contributed by atoms with van der Waals surface area (Å²) in [5, 5.41) is 2.91. The summed E-state index contributed by atoms with van der Waals surface area (Å²) < 4.78 is 30.4. The molecule has 0 aliphatic heterocycles. The molecule has 0 aliphatic carbocycles. The zero-order chi connectivity index (χ0) is 25.1. The molecule has 34 heavy (non-hydrogen) atoms. The Morgan fingerprint density at radius 1 is 1.00 bits per heavy atom. The third kappa shape index (κ3) is 8.89. The van der Waals surface area contributed by atoms with Crippen LogP contribution in [0.4, 0.5) is 0 Å². The number of hydrogen-bond acceptors (Lipinski definition) is 5. The molecule has 8 nitrogen and oxygen atoms in total. The lowest BCUT2D eigenvalue weighted by Gasteiger charge is -2.32. The molecule has 2 aromatic carbocycles. The minimum Gasteiger partial charge on any atom is -0.379 e. The van der Waals surface area contributed by atoms with Gasteiger partial charge >= 0.3 is 0 Å². The fraction of sp³-hybridized carbons (Fsp3) is 0.440. The van der Waals surface area contributed by atoms with Crippen LogP contribution in [0.3, 0.4) is 0 Å². The molecule has 0 heterocycles. The summed E-state index contributed by atoms with van der Waals surface area (Å²) in [7, 11) is -2.22. The number of ether oxygens (including phenoxy) is 1. The quantitative estimate of drug-likeness (QED) is 0.436. The highest BCUT2D eigenvalue weighted by molar-refractivity contribution is 7.88. The Labute approximate surface area is 202 Å². The van der Waals surface area contributed by atoms with Crippen molar-refractivity contribution in [2.45, 2.75) is 39.0 Å². The minimum atomic E-state index is -3.57. The maximum atomic E-state index is 13.4. The number of likely N-dealkylation sites (N-methyl/N-ethyl adjacent to an activating group) is 1. The van der Waals surface area contributed by atoms with Gasteiger partial charge in [-0.25, -0.2) is 8.42 Å². The second-order valence-corrected chi connectivity index (χ2v) is 10.5. The third-order valence-corrected chi connectivity index (χ3v) is 6.45. The molecule has 0 fully saturated rings. The van der Waals surface area contributed by atoms with E-state index in [0.717, 1.165) is 16.1 Å². The van der Waals surface area contributed by atoms with E-state index in [-0.39, 0.29) is 25.1 Å². The van der Waals surface area contributed by atoms with Crippen LogP contribution in [0.2, 0.25) is 0 Å². The van der Waals surface area contributed by atoms with Crippen LogP contribution >= 0.6 is 0 Å². The van der Waals surface area contributed by atoms with Gasteiger partial charge in [0.25, 0.3) is 0 Å². The number of carbonyl (C=O) groups excluding carboxylic acids is 2. The molecule has 9 heteroatoms. The van der Waals surface area contributed by atoms with Crippen molar-refractivity contribution < 1.29 is 22.7 Å². The van der Waals surface area contributed by atoms with Crippen molar-refractivity contribution in [2.75, 3.05) is 33.0 Å². The highest BCUT2D eigenvalue weighted by Crippen LogP contribution is 2.24. The number of nitrogens with zero attached hydrogens (tertiary/aromatic N) is 2. The first-order valence-electron chi connectivity index (χ1n) is 11.3. The maximum Gasteiger partial charge on any atom is 0.247 e. The standard InChI is InChI=1S/C25H35N3O5S/c1-20(2)33-17-11-16-26-25(30)24(22-14-9-6-10-15-22)28(18-21-12-7-5-8-13-21)23(29)19-27(3)34(4,31)32/h5-10,12-15,20,24H,11,16-19H2,1-4H3,(H,26,30)/t24-/m1/s1. The molecule has 0 aliphatic rings. The van der Waals surface area contributed by atoms with Crippen molar-refractivity contribution in [1.29, 1.82) is 0 Å². The van der Waals surface area contributed by atoms with Crippen molar-refractivity contribution >= 4 is 21.8 Å². The predicted molar refractivity (Wildman–Crippen MR) is 132 cm³/mol. The van der Waals surface area contributed by atoms with E-state index in [2.05, 4.69) is 5.32 Å². The van der Waals surface area contributed by atoms with E-state index < -0.39 is 22.0 Å². The van der Waals surface area contributed by atoms with E-state index >= 15 is 0 Å². The van der Waals surface area contributed by atoms with E-state index in [1.807, 2.05) is 50.2 Å². The van der Waals surface area contributed by atoms with Gasteiger partial charge in [-0.1, -0.05) is 60.7 Å². The summed E-state index contributed by atoms with van der Waals surface area (Å²) in [6.07, 6.45) is 1.79. The summed E-state index contributed by atoms with van der Waals surface area (Å²) >= 11 is 0. The van der Waals surface area contributed by atoms with Crippen LogP contribution < -0.4 is 5.32 Å². The smallest absolute Gasteiger partial charge is 0.247 e. The van der Waals surface area contributed by atoms with E-state index in [4.69, 9.17) is 4.74 Å². The highest BCUT2D eigenvalue weighted by atomic mass is 32.2. The lowest BCUT2D eigenvalue weighted by Crippen LogP contribution is -2.47. The first-order chi connectivity index (χ1) is 16.1. The van der Waals surface area contributed by atoms with Crippen LogP contribution in [0.15, 0.2) is 60.7 Å². The zero-order valence-corrected chi connectivity index (χ0v) is 21.1. The molecule has 0 saturated heterocycles. The molecule has 0 unspecified atom stereocenters. The number of carbonyl (C=O) groups is 2. The van der Waals surface area contributed by atoms with Gasteiger partial charge < -0.3 is 15.0 Å². The molecule has 1 atom stereocenters. The van der Waals surface area contributed by atoms with Gasteiger partial charge in [0.15, 0.2) is 0 Å². The molecule has 0 aromatic heterocycles. The Kier molecular flexibility index (Phi) is 10.7. The molecule has 186 valence electrons. The van der Waals surface area contributed by atoms with Gasteiger partial charge in [-0.2, -0.15) is 4.31 Å². The van der Waals surface area contributed by atoms with E-state index in [1.54, 1.807) is 24.3 Å². The Hall–Kier alpha value is -2.75.